The number of hydrogen-bond acceptors (Lipinski definition) is 4. The molecule has 0 aliphatic heterocycles. The highest BCUT2D eigenvalue weighted by atomic mass is 16.5. The minimum Gasteiger partial charge on any atom is -0.460 e. The second-order valence-corrected chi connectivity index (χ2v) is 1.71. The molecule has 0 fully saturated rings. The molecule has 1 aromatic rings. The summed E-state index contributed by atoms with van der Waals surface area (Å²) in [6.45, 7) is 3.75. The van der Waals surface area contributed by atoms with E-state index in [1.165, 1.54) is 0 Å². The van der Waals surface area contributed by atoms with Crippen LogP contribution in [0.4, 0.5) is 0 Å². The molecule has 0 spiro atoms. The summed E-state index contributed by atoms with van der Waals surface area (Å²) in [6.07, 6.45) is 2.69. The summed E-state index contributed by atoms with van der Waals surface area (Å²) in [4.78, 5) is 19.8. The van der Waals surface area contributed by atoms with Crippen LogP contribution in [0.5, 0.6) is 6.01 Å². The Bertz CT molecular complexity index is 294. The zero-order valence-electron chi connectivity index (χ0n) is 5.78. The Morgan fingerprint density at radius 2 is 2.55 bits per heavy atom. The van der Waals surface area contributed by atoms with E-state index in [0.29, 0.717) is 6.61 Å². The van der Waals surface area contributed by atoms with Crippen LogP contribution in [0.2, 0.25) is 0 Å². The van der Waals surface area contributed by atoms with Crippen LogP contribution < -0.4 is 10.4 Å². The maximum Gasteiger partial charge on any atom is 0.350 e. The molecule has 0 atom stereocenters. The SMILES string of the molecule is C=CCOc1ncnc(=O)[nH]1. The van der Waals surface area contributed by atoms with Gasteiger partial charge >= 0.3 is 5.69 Å². The Labute approximate surface area is 62.8 Å². The molecule has 11 heavy (non-hydrogen) atoms. The van der Waals surface area contributed by atoms with Gasteiger partial charge in [0, 0.05) is 0 Å². The van der Waals surface area contributed by atoms with Crippen LogP contribution in [-0.2, 0) is 0 Å². The van der Waals surface area contributed by atoms with E-state index in [9.17, 15) is 4.79 Å². The topological polar surface area (TPSA) is 67.9 Å². The maximum absolute atomic E-state index is 10.5. The molecule has 1 heterocycles. The molecule has 1 N–H and O–H groups in total. The number of nitrogens with one attached hydrogen (secondary N) is 1. The fraction of sp³-hybridized carbons (Fsp3) is 0.167. The Kier molecular flexibility index (Phi) is 2.37. The summed E-state index contributed by atoms with van der Waals surface area (Å²) >= 11 is 0. The molecular weight excluding hydrogens is 146 g/mol. The molecule has 0 radical (unpaired) electrons. The lowest BCUT2D eigenvalue weighted by Crippen LogP contribution is -2.12. The predicted molar refractivity (Wildman–Crippen MR) is 38.3 cm³/mol. The zero-order valence-corrected chi connectivity index (χ0v) is 5.78. The van der Waals surface area contributed by atoms with Gasteiger partial charge in [0.2, 0.25) is 0 Å². The van der Waals surface area contributed by atoms with E-state index >= 15 is 0 Å². The van der Waals surface area contributed by atoms with Crippen molar-refractivity contribution in [2.45, 2.75) is 0 Å². The van der Waals surface area contributed by atoms with E-state index in [-0.39, 0.29) is 6.01 Å². The monoisotopic (exact) mass is 153 g/mol. The van der Waals surface area contributed by atoms with E-state index in [1.54, 1.807) is 6.08 Å². The highest BCUT2D eigenvalue weighted by Gasteiger charge is 1.92. The molecule has 1 aromatic heterocycles. The number of rotatable bonds is 3. The molecule has 0 saturated carbocycles. The van der Waals surface area contributed by atoms with E-state index in [2.05, 4.69) is 21.5 Å². The average molecular weight is 153 g/mol. The molecule has 0 bridgehead atoms. The van der Waals surface area contributed by atoms with Gasteiger partial charge in [-0.1, -0.05) is 12.7 Å². The number of aromatic nitrogens is 3. The summed E-state index contributed by atoms with van der Waals surface area (Å²) in [5.74, 6) is 0. The third-order valence-electron chi connectivity index (χ3n) is 0.902. The normalized spacial score (nSPS) is 9.09. The summed E-state index contributed by atoms with van der Waals surface area (Å²) in [5, 5.41) is 0. The Morgan fingerprint density at radius 3 is 3.18 bits per heavy atom. The Morgan fingerprint density at radius 1 is 1.73 bits per heavy atom. The summed E-state index contributed by atoms with van der Waals surface area (Å²) < 4.78 is 4.91. The second kappa shape index (κ2) is 3.50. The lowest BCUT2D eigenvalue weighted by Gasteiger charge is -1.97. The van der Waals surface area contributed by atoms with Crippen LogP contribution in [0.25, 0.3) is 0 Å². The lowest BCUT2D eigenvalue weighted by molar-refractivity contribution is 0.330. The molecule has 5 nitrogen and oxygen atoms in total. The smallest absolute Gasteiger partial charge is 0.350 e. The highest BCUT2D eigenvalue weighted by molar-refractivity contribution is 4.88. The predicted octanol–water partition coefficient (Wildman–Crippen LogP) is -0.270. The van der Waals surface area contributed by atoms with Crippen LogP contribution in [0.3, 0.4) is 0 Å². The standard InChI is InChI=1S/C6H7N3O2/c1-2-3-11-6-8-4-7-5(10)9-6/h2,4H,1,3H2,(H,7,8,9,10). The van der Waals surface area contributed by atoms with Crippen LogP contribution in [0.1, 0.15) is 0 Å². The van der Waals surface area contributed by atoms with Gasteiger partial charge in [-0.15, -0.1) is 0 Å². The van der Waals surface area contributed by atoms with Crippen LogP contribution >= 0.6 is 0 Å². The molecule has 0 aromatic carbocycles. The van der Waals surface area contributed by atoms with Crippen LogP contribution in [0, 0.1) is 0 Å². The first-order chi connectivity index (χ1) is 5.33. The summed E-state index contributed by atoms with van der Waals surface area (Å²) in [5.41, 5.74) is -0.473. The highest BCUT2D eigenvalue weighted by Crippen LogP contribution is 1.91. The van der Waals surface area contributed by atoms with Crippen molar-refractivity contribution in [3.8, 4) is 6.01 Å². The first kappa shape index (κ1) is 7.46. The molecule has 0 amide bonds. The molecule has 0 unspecified atom stereocenters. The van der Waals surface area contributed by atoms with Crippen LogP contribution in [-0.4, -0.2) is 21.6 Å². The van der Waals surface area contributed by atoms with Gasteiger partial charge in [0.1, 0.15) is 12.9 Å². The van der Waals surface area contributed by atoms with Gasteiger partial charge in [0.15, 0.2) is 0 Å². The van der Waals surface area contributed by atoms with E-state index in [0.717, 1.165) is 6.33 Å². The molecule has 1 rings (SSSR count). The van der Waals surface area contributed by atoms with Gasteiger partial charge in [-0.05, 0) is 0 Å². The molecule has 58 valence electrons. The van der Waals surface area contributed by atoms with Crippen molar-refractivity contribution in [3.05, 3.63) is 29.5 Å². The molecule has 5 heteroatoms. The Hall–Kier alpha value is -1.65. The number of ether oxygens (including phenoxy) is 1. The fourth-order valence-corrected chi connectivity index (χ4v) is 0.501. The average Bonchev–Trinajstić information content (AvgIpc) is 2.01. The van der Waals surface area contributed by atoms with Crippen LogP contribution in [0.15, 0.2) is 23.8 Å². The largest absolute Gasteiger partial charge is 0.460 e. The summed E-state index contributed by atoms with van der Waals surface area (Å²) in [6, 6.07) is 0.157. The number of H-pyrrole nitrogens is 1. The van der Waals surface area contributed by atoms with Crippen molar-refractivity contribution in [1.82, 2.24) is 15.0 Å². The van der Waals surface area contributed by atoms with Crippen molar-refractivity contribution in [1.29, 1.82) is 0 Å². The molecule has 0 saturated heterocycles. The third kappa shape index (κ3) is 2.21. The zero-order chi connectivity index (χ0) is 8.10. The molecular formula is C6H7N3O2. The van der Waals surface area contributed by atoms with Gasteiger partial charge in [-0.3, -0.25) is 4.98 Å². The quantitative estimate of drug-likeness (QED) is 0.607. The van der Waals surface area contributed by atoms with Crippen molar-refractivity contribution < 1.29 is 4.74 Å². The number of nitrogens with zero attached hydrogens (tertiary/aromatic N) is 2. The third-order valence-corrected chi connectivity index (χ3v) is 0.902. The van der Waals surface area contributed by atoms with Crippen molar-refractivity contribution in [3.63, 3.8) is 0 Å². The van der Waals surface area contributed by atoms with Crippen molar-refractivity contribution in [2.24, 2.45) is 0 Å². The first-order valence-electron chi connectivity index (χ1n) is 2.98. The first-order valence-corrected chi connectivity index (χ1v) is 2.98. The van der Waals surface area contributed by atoms with Gasteiger partial charge in [0.25, 0.3) is 6.01 Å². The minimum atomic E-state index is -0.473. The maximum atomic E-state index is 10.5. The van der Waals surface area contributed by atoms with Gasteiger partial charge in [-0.2, -0.15) is 9.97 Å². The van der Waals surface area contributed by atoms with E-state index in [1.807, 2.05) is 0 Å². The number of hydrogen-bond donors (Lipinski definition) is 1. The lowest BCUT2D eigenvalue weighted by atomic mass is 10.7. The number of aromatic amines is 1. The second-order valence-electron chi connectivity index (χ2n) is 1.71. The van der Waals surface area contributed by atoms with Crippen molar-refractivity contribution >= 4 is 0 Å². The molecule has 0 aliphatic rings. The Balaban J connectivity index is 2.71. The molecule has 0 aliphatic carbocycles. The van der Waals surface area contributed by atoms with E-state index in [4.69, 9.17) is 4.74 Å². The van der Waals surface area contributed by atoms with Gasteiger partial charge < -0.3 is 4.74 Å². The summed E-state index contributed by atoms with van der Waals surface area (Å²) in [7, 11) is 0. The van der Waals surface area contributed by atoms with Gasteiger partial charge in [0.05, 0.1) is 0 Å². The van der Waals surface area contributed by atoms with Gasteiger partial charge in [-0.25, -0.2) is 4.79 Å². The van der Waals surface area contributed by atoms with E-state index < -0.39 is 5.69 Å². The minimum absolute atomic E-state index is 0.157. The fourth-order valence-electron chi connectivity index (χ4n) is 0.501. The van der Waals surface area contributed by atoms with Crippen molar-refractivity contribution in [2.75, 3.05) is 6.61 Å².